The highest BCUT2D eigenvalue weighted by molar-refractivity contribution is 6.03. The average molecular weight is 362 g/mol. The molecule has 0 heterocycles. The second-order valence-electron chi connectivity index (χ2n) is 6.37. The summed E-state index contributed by atoms with van der Waals surface area (Å²) in [5.41, 5.74) is 2.36. The molecule has 7 nitrogen and oxygen atoms in total. The molecule has 1 aliphatic carbocycles. The third kappa shape index (κ3) is 4.70. The minimum atomic E-state index is -0.363. The SMILES string of the molecule is CC(=O)Nc1ccc(NC(=O)C2CC2C(=O)Nc2ccc(C#N)cc2)cc1. The van der Waals surface area contributed by atoms with Gasteiger partial charge in [0.05, 0.1) is 23.5 Å². The minimum Gasteiger partial charge on any atom is -0.326 e. The smallest absolute Gasteiger partial charge is 0.228 e. The molecule has 3 amide bonds. The first kappa shape index (κ1) is 18.1. The van der Waals surface area contributed by atoms with Crippen molar-refractivity contribution in [3.63, 3.8) is 0 Å². The number of benzene rings is 2. The predicted octanol–water partition coefficient (Wildman–Crippen LogP) is 2.73. The number of hydrogen-bond acceptors (Lipinski definition) is 4. The Morgan fingerprint density at radius 3 is 1.63 bits per heavy atom. The molecular formula is C20H18N4O3. The van der Waals surface area contributed by atoms with Crippen molar-refractivity contribution in [1.82, 2.24) is 0 Å². The van der Waals surface area contributed by atoms with E-state index in [0.29, 0.717) is 29.0 Å². The molecule has 2 aromatic rings. The Bertz CT molecular complexity index is 914. The van der Waals surface area contributed by atoms with Crippen LogP contribution in [0.3, 0.4) is 0 Å². The van der Waals surface area contributed by atoms with E-state index in [0.717, 1.165) is 0 Å². The molecule has 1 saturated carbocycles. The molecule has 0 aromatic heterocycles. The van der Waals surface area contributed by atoms with Gasteiger partial charge in [-0.25, -0.2) is 0 Å². The number of carbonyl (C=O) groups excluding carboxylic acids is 3. The molecular weight excluding hydrogens is 344 g/mol. The van der Waals surface area contributed by atoms with Crippen LogP contribution in [0.5, 0.6) is 0 Å². The van der Waals surface area contributed by atoms with Crippen LogP contribution < -0.4 is 16.0 Å². The van der Waals surface area contributed by atoms with Crippen LogP contribution in [-0.2, 0) is 14.4 Å². The van der Waals surface area contributed by atoms with Gasteiger partial charge in [0, 0.05) is 24.0 Å². The van der Waals surface area contributed by atoms with E-state index in [1.165, 1.54) is 6.92 Å². The fourth-order valence-electron chi connectivity index (χ4n) is 2.71. The highest BCUT2D eigenvalue weighted by Crippen LogP contribution is 2.40. The number of amides is 3. The molecule has 3 N–H and O–H groups in total. The number of carbonyl (C=O) groups is 3. The highest BCUT2D eigenvalue weighted by atomic mass is 16.2. The maximum atomic E-state index is 12.3. The van der Waals surface area contributed by atoms with E-state index in [9.17, 15) is 14.4 Å². The summed E-state index contributed by atoms with van der Waals surface area (Å²) in [5.74, 6) is -1.30. The topological polar surface area (TPSA) is 111 Å². The Balaban J connectivity index is 1.51. The molecule has 27 heavy (non-hydrogen) atoms. The van der Waals surface area contributed by atoms with Gasteiger partial charge in [0.15, 0.2) is 0 Å². The lowest BCUT2D eigenvalue weighted by Crippen LogP contribution is -2.20. The molecule has 0 saturated heterocycles. The fraction of sp³-hybridized carbons (Fsp3) is 0.200. The van der Waals surface area contributed by atoms with Gasteiger partial charge < -0.3 is 16.0 Å². The van der Waals surface area contributed by atoms with Gasteiger partial charge in [0.2, 0.25) is 17.7 Å². The van der Waals surface area contributed by atoms with Crippen molar-refractivity contribution in [3.8, 4) is 6.07 Å². The van der Waals surface area contributed by atoms with Gasteiger partial charge in [-0.3, -0.25) is 14.4 Å². The quantitative estimate of drug-likeness (QED) is 0.759. The third-order valence-corrected chi connectivity index (χ3v) is 4.22. The number of nitrogens with one attached hydrogen (secondary N) is 3. The molecule has 1 fully saturated rings. The largest absolute Gasteiger partial charge is 0.326 e. The molecule has 0 radical (unpaired) electrons. The maximum Gasteiger partial charge on any atom is 0.228 e. The van der Waals surface area contributed by atoms with E-state index in [-0.39, 0.29) is 29.6 Å². The monoisotopic (exact) mass is 362 g/mol. The summed E-state index contributed by atoms with van der Waals surface area (Å²) in [7, 11) is 0. The number of hydrogen-bond donors (Lipinski definition) is 3. The first-order valence-electron chi connectivity index (χ1n) is 8.46. The Morgan fingerprint density at radius 2 is 1.22 bits per heavy atom. The molecule has 2 aromatic carbocycles. The molecule has 7 heteroatoms. The number of anilines is 3. The zero-order valence-electron chi connectivity index (χ0n) is 14.7. The summed E-state index contributed by atoms with van der Waals surface area (Å²) in [6.45, 7) is 1.42. The van der Waals surface area contributed by atoms with E-state index in [2.05, 4.69) is 16.0 Å². The lowest BCUT2D eigenvalue weighted by Gasteiger charge is -2.07. The summed E-state index contributed by atoms with van der Waals surface area (Å²) in [6.07, 6.45) is 0.498. The van der Waals surface area contributed by atoms with Crippen molar-refractivity contribution >= 4 is 34.8 Å². The fourth-order valence-corrected chi connectivity index (χ4v) is 2.71. The van der Waals surface area contributed by atoms with Crippen molar-refractivity contribution in [2.45, 2.75) is 13.3 Å². The normalized spacial score (nSPS) is 17.3. The second kappa shape index (κ2) is 7.70. The van der Waals surface area contributed by atoms with Gasteiger partial charge in [0.1, 0.15) is 0 Å². The van der Waals surface area contributed by atoms with E-state index < -0.39 is 0 Å². The van der Waals surface area contributed by atoms with E-state index in [4.69, 9.17) is 5.26 Å². The van der Waals surface area contributed by atoms with Gasteiger partial charge in [-0.05, 0) is 55.0 Å². The van der Waals surface area contributed by atoms with Crippen molar-refractivity contribution in [2.75, 3.05) is 16.0 Å². The summed E-state index contributed by atoms with van der Waals surface area (Å²) >= 11 is 0. The maximum absolute atomic E-state index is 12.3. The zero-order valence-corrected chi connectivity index (χ0v) is 14.7. The second-order valence-corrected chi connectivity index (χ2v) is 6.37. The molecule has 0 bridgehead atoms. The molecule has 0 spiro atoms. The number of nitriles is 1. The van der Waals surface area contributed by atoms with Crippen LogP contribution in [-0.4, -0.2) is 17.7 Å². The van der Waals surface area contributed by atoms with Gasteiger partial charge in [0.25, 0.3) is 0 Å². The molecule has 0 aliphatic heterocycles. The van der Waals surface area contributed by atoms with E-state index in [1.807, 2.05) is 6.07 Å². The van der Waals surface area contributed by atoms with Crippen LogP contribution in [0.4, 0.5) is 17.1 Å². The van der Waals surface area contributed by atoms with Gasteiger partial charge in [-0.1, -0.05) is 0 Å². The van der Waals surface area contributed by atoms with Crippen LogP contribution >= 0.6 is 0 Å². The molecule has 2 atom stereocenters. The Morgan fingerprint density at radius 1 is 0.815 bits per heavy atom. The standard InChI is InChI=1S/C20H18N4O3/c1-12(25)22-14-6-8-16(9-7-14)24-20(27)18-10-17(18)19(26)23-15-4-2-13(11-21)3-5-15/h2-9,17-18H,10H2,1H3,(H,22,25)(H,23,26)(H,24,27). The summed E-state index contributed by atoms with van der Waals surface area (Å²) in [5, 5.41) is 17.0. The van der Waals surface area contributed by atoms with Gasteiger partial charge in [-0.15, -0.1) is 0 Å². The first-order valence-corrected chi connectivity index (χ1v) is 8.46. The van der Waals surface area contributed by atoms with Crippen molar-refractivity contribution < 1.29 is 14.4 Å². The van der Waals surface area contributed by atoms with E-state index in [1.54, 1.807) is 48.5 Å². The van der Waals surface area contributed by atoms with Crippen LogP contribution in [0, 0.1) is 23.2 Å². The Labute approximate surface area is 156 Å². The molecule has 2 unspecified atom stereocenters. The molecule has 3 rings (SSSR count). The molecule has 1 aliphatic rings. The Hall–Kier alpha value is -3.66. The molecule has 136 valence electrons. The van der Waals surface area contributed by atoms with Gasteiger partial charge in [-0.2, -0.15) is 5.26 Å². The van der Waals surface area contributed by atoms with Crippen LogP contribution in [0.25, 0.3) is 0 Å². The van der Waals surface area contributed by atoms with Crippen molar-refractivity contribution in [1.29, 1.82) is 5.26 Å². The lowest BCUT2D eigenvalue weighted by atomic mass is 10.2. The summed E-state index contributed by atoms with van der Waals surface area (Å²) in [4.78, 5) is 35.5. The predicted molar refractivity (Wildman–Crippen MR) is 101 cm³/mol. The van der Waals surface area contributed by atoms with Crippen molar-refractivity contribution in [2.24, 2.45) is 11.8 Å². The minimum absolute atomic E-state index is 0.166. The number of rotatable bonds is 5. The summed E-state index contributed by atoms with van der Waals surface area (Å²) in [6, 6.07) is 15.3. The van der Waals surface area contributed by atoms with Crippen LogP contribution in [0.15, 0.2) is 48.5 Å². The number of nitrogens with zero attached hydrogens (tertiary/aromatic N) is 1. The van der Waals surface area contributed by atoms with Crippen LogP contribution in [0.1, 0.15) is 18.9 Å². The average Bonchev–Trinajstić information content (AvgIpc) is 3.45. The van der Waals surface area contributed by atoms with Crippen molar-refractivity contribution in [3.05, 3.63) is 54.1 Å². The lowest BCUT2D eigenvalue weighted by molar-refractivity contribution is -0.122. The van der Waals surface area contributed by atoms with E-state index >= 15 is 0 Å². The van der Waals surface area contributed by atoms with Crippen LogP contribution in [0.2, 0.25) is 0 Å². The van der Waals surface area contributed by atoms with Gasteiger partial charge >= 0.3 is 0 Å². The highest BCUT2D eigenvalue weighted by Gasteiger charge is 2.48. The summed E-state index contributed by atoms with van der Waals surface area (Å²) < 4.78 is 0. The third-order valence-electron chi connectivity index (χ3n) is 4.22. The Kier molecular flexibility index (Phi) is 5.18. The zero-order chi connectivity index (χ0) is 19.4. The first-order chi connectivity index (χ1) is 13.0.